The molecule has 1 aliphatic heterocycles. The molecule has 6 heteroatoms. The predicted octanol–water partition coefficient (Wildman–Crippen LogP) is 4.96. The lowest BCUT2D eigenvalue weighted by Gasteiger charge is -2.14. The van der Waals surface area contributed by atoms with Gasteiger partial charge < -0.3 is 15.0 Å². The molecule has 0 saturated carbocycles. The van der Waals surface area contributed by atoms with Crippen LogP contribution in [0.5, 0.6) is 5.75 Å². The van der Waals surface area contributed by atoms with E-state index in [0.29, 0.717) is 0 Å². The zero-order valence-electron chi connectivity index (χ0n) is 16.7. The minimum absolute atomic E-state index is 0.815. The second-order valence-electron chi connectivity index (χ2n) is 7.36. The number of benzene rings is 1. The van der Waals surface area contributed by atoms with E-state index in [1.807, 2.05) is 19.1 Å². The monoisotopic (exact) mass is 396 g/mol. The van der Waals surface area contributed by atoms with Crippen LogP contribution in [0.25, 0.3) is 21.3 Å². The highest BCUT2D eigenvalue weighted by Crippen LogP contribution is 2.37. The Morgan fingerprint density at radius 3 is 2.64 bits per heavy atom. The van der Waals surface area contributed by atoms with Crippen molar-refractivity contribution < 1.29 is 4.74 Å². The summed E-state index contributed by atoms with van der Waals surface area (Å²) in [5.74, 6) is 2.64. The number of nitrogens with zero attached hydrogens (tertiary/aromatic N) is 3. The fraction of sp³-hybridized carbons (Fsp3) is 0.455. The number of hydrogen-bond donors (Lipinski definition) is 1. The number of anilines is 1. The normalized spacial score (nSPS) is 14.6. The zero-order chi connectivity index (χ0) is 19.3. The van der Waals surface area contributed by atoms with Crippen molar-refractivity contribution >= 4 is 27.4 Å². The molecule has 0 unspecified atom stereocenters. The van der Waals surface area contributed by atoms with Crippen LogP contribution in [0.2, 0.25) is 0 Å². The molecule has 1 fully saturated rings. The molecule has 5 nitrogen and oxygen atoms in total. The minimum atomic E-state index is 0.815. The van der Waals surface area contributed by atoms with Gasteiger partial charge in [0.15, 0.2) is 0 Å². The Morgan fingerprint density at radius 1 is 1.11 bits per heavy atom. The van der Waals surface area contributed by atoms with Crippen LogP contribution in [0.1, 0.15) is 31.5 Å². The molecular weight excluding hydrogens is 368 g/mol. The van der Waals surface area contributed by atoms with Gasteiger partial charge in [-0.25, -0.2) is 9.97 Å². The SMILES string of the molecule is COc1ccc(-c2csc3nc(C)nc(NCCCCN4CCCC4)c23)cc1. The molecule has 1 N–H and O–H groups in total. The molecule has 2 aromatic heterocycles. The minimum Gasteiger partial charge on any atom is -0.497 e. The maximum absolute atomic E-state index is 5.29. The van der Waals surface area contributed by atoms with Crippen LogP contribution in [0.3, 0.4) is 0 Å². The molecule has 0 radical (unpaired) electrons. The molecule has 0 spiro atoms. The van der Waals surface area contributed by atoms with Gasteiger partial charge in [-0.05, 0) is 69.9 Å². The average molecular weight is 397 g/mol. The van der Waals surface area contributed by atoms with Crippen molar-refractivity contribution in [2.75, 3.05) is 38.6 Å². The summed E-state index contributed by atoms with van der Waals surface area (Å²) < 4.78 is 5.29. The highest BCUT2D eigenvalue weighted by atomic mass is 32.1. The molecule has 4 rings (SSSR count). The Bertz CT molecular complexity index is 916. The molecular formula is C22H28N4OS. The van der Waals surface area contributed by atoms with Crippen molar-refractivity contribution in [2.24, 2.45) is 0 Å². The maximum atomic E-state index is 5.29. The molecule has 0 bridgehead atoms. The number of thiophene rings is 1. The summed E-state index contributed by atoms with van der Waals surface area (Å²) in [6.07, 6.45) is 5.11. The first-order valence-corrected chi connectivity index (χ1v) is 11.0. The third-order valence-corrected chi connectivity index (χ3v) is 6.21. The first-order chi connectivity index (χ1) is 13.7. The van der Waals surface area contributed by atoms with Gasteiger partial charge in [-0.15, -0.1) is 11.3 Å². The number of aryl methyl sites for hydroxylation is 1. The lowest BCUT2D eigenvalue weighted by Crippen LogP contribution is -2.21. The predicted molar refractivity (Wildman–Crippen MR) is 118 cm³/mol. The van der Waals surface area contributed by atoms with Crippen LogP contribution < -0.4 is 10.1 Å². The van der Waals surface area contributed by atoms with E-state index in [0.717, 1.165) is 46.1 Å². The zero-order valence-corrected chi connectivity index (χ0v) is 17.5. The van der Waals surface area contributed by atoms with E-state index < -0.39 is 0 Å². The van der Waals surface area contributed by atoms with E-state index in [1.54, 1.807) is 18.4 Å². The van der Waals surface area contributed by atoms with E-state index >= 15 is 0 Å². The van der Waals surface area contributed by atoms with E-state index in [2.05, 4.69) is 32.7 Å². The highest BCUT2D eigenvalue weighted by Gasteiger charge is 2.15. The van der Waals surface area contributed by atoms with Crippen LogP contribution >= 0.6 is 11.3 Å². The number of unbranched alkanes of at least 4 members (excludes halogenated alkanes) is 1. The van der Waals surface area contributed by atoms with Crippen LogP contribution in [-0.4, -0.2) is 48.2 Å². The smallest absolute Gasteiger partial charge is 0.139 e. The van der Waals surface area contributed by atoms with E-state index in [4.69, 9.17) is 9.72 Å². The van der Waals surface area contributed by atoms with Crippen molar-refractivity contribution in [1.29, 1.82) is 0 Å². The van der Waals surface area contributed by atoms with Gasteiger partial charge in [-0.2, -0.15) is 0 Å². The Hall–Kier alpha value is -2.18. The number of ether oxygens (including phenoxy) is 1. The standard InChI is InChI=1S/C22H28N4OS/c1-16-24-21(23-11-3-4-12-26-13-5-6-14-26)20-19(15-28-22(20)25-16)17-7-9-18(27-2)10-8-17/h7-10,15H,3-6,11-14H2,1-2H3,(H,23,24,25). The van der Waals surface area contributed by atoms with Crippen molar-refractivity contribution in [1.82, 2.24) is 14.9 Å². The first kappa shape index (κ1) is 19.2. The molecule has 28 heavy (non-hydrogen) atoms. The Balaban J connectivity index is 1.49. The number of hydrogen-bond acceptors (Lipinski definition) is 6. The van der Waals surface area contributed by atoms with Crippen molar-refractivity contribution in [3.63, 3.8) is 0 Å². The third-order valence-electron chi connectivity index (χ3n) is 5.34. The number of rotatable bonds is 8. The lowest BCUT2D eigenvalue weighted by atomic mass is 10.1. The Labute approximate surface area is 170 Å². The lowest BCUT2D eigenvalue weighted by molar-refractivity contribution is 0.331. The molecule has 3 heterocycles. The molecule has 1 aliphatic rings. The molecule has 3 aromatic rings. The van der Waals surface area contributed by atoms with Crippen LogP contribution in [-0.2, 0) is 0 Å². The van der Waals surface area contributed by atoms with Gasteiger partial charge in [0.2, 0.25) is 0 Å². The Morgan fingerprint density at radius 2 is 1.89 bits per heavy atom. The van der Waals surface area contributed by atoms with Gasteiger partial charge in [-0.3, -0.25) is 0 Å². The molecule has 1 saturated heterocycles. The van der Waals surface area contributed by atoms with Crippen molar-refractivity contribution in [3.05, 3.63) is 35.5 Å². The average Bonchev–Trinajstić information content (AvgIpc) is 3.37. The molecule has 0 atom stereocenters. The number of aromatic nitrogens is 2. The van der Waals surface area contributed by atoms with E-state index in [1.165, 1.54) is 44.5 Å². The van der Waals surface area contributed by atoms with Gasteiger partial charge in [0.1, 0.15) is 22.2 Å². The van der Waals surface area contributed by atoms with Gasteiger partial charge >= 0.3 is 0 Å². The van der Waals surface area contributed by atoms with Gasteiger partial charge in [0.25, 0.3) is 0 Å². The molecule has 148 valence electrons. The summed E-state index contributed by atoms with van der Waals surface area (Å²) in [6.45, 7) is 6.68. The number of fused-ring (bicyclic) bond motifs is 1. The quantitative estimate of drug-likeness (QED) is 0.545. The third kappa shape index (κ3) is 4.28. The fourth-order valence-corrected chi connectivity index (χ4v) is 4.83. The number of likely N-dealkylation sites (tertiary alicyclic amines) is 1. The summed E-state index contributed by atoms with van der Waals surface area (Å²) >= 11 is 1.68. The first-order valence-electron chi connectivity index (χ1n) is 10.1. The molecule has 0 aliphatic carbocycles. The fourth-order valence-electron chi connectivity index (χ4n) is 3.83. The summed E-state index contributed by atoms with van der Waals surface area (Å²) in [7, 11) is 1.69. The van der Waals surface area contributed by atoms with Crippen molar-refractivity contribution in [3.8, 4) is 16.9 Å². The summed E-state index contributed by atoms with van der Waals surface area (Å²) in [4.78, 5) is 13.0. The van der Waals surface area contributed by atoms with Gasteiger partial charge in [-0.1, -0.05) is 12.1 Å². The summed E-state index contributed by atoms with van der Waals surface area (Å²) in [5.41, 5.74) is 2.35. The Kier molecular flexibility index (Phi) is 6.07. The largest absolute Gasteiger partial charge is 0.497 e. The van der Waals surface area contributed by atoms with E-state index in [9.17, 15) is 0 Å². The second-order valence-corrected chi connectivity index (χ2v) is 8.22. The molecule has 1 aromatic carbocycles. The maximum Gasteiger partial charge on any atom is 0.139 e. The second kappa shape index (κ2) is 8.88. The van der Waals surface area contributed by atoms with Gasteiger partial charge in [0.05, 0.1) is 12.5 Å². The highest BCUT2D eigenvalue weighted by molar-refractivity contribution is 7.17. The van der Waals surface area contributed by atoms with Crippen LogP contribution in [0, 0.1) is 6.92 Å². The summed E-state index contributed by atoms with van der Waals surface area (Å²) in [5, 5.41) is 6.89. The van der Waals surface area contributed by atoms with Crippen LogP contribution in [0.4, 0.5) is 5.82 Å². The van der Waals surface area contributed by atoms with Crippen molar-refractivity contribution in [2.45, 2.75) is 32.6 Å². The number of nitrogens with one attached hydrogen (secondary N) is 1. The summed E-state index contributed by atoms with van der Waals surface area (Å²) in [6, 6.07) is 8.19. The topological polar surface area (TPSA) is 50.3 Å². The number of methoxy groups -OCH3 is 1. The van der Waals surface area contributed by atoms with Crippen LogP contribution in [0.15, 0.2) is 29.6 Å². The molecule has 0 amide bonds. The van der Waals surface area contributed by atoms with Gasteiger partial charge in [0, 0.05) is 17.5 Å². The van der Waals surface area contributed by atoms with E-state index in [-0.39, 0.29) is 0 Å².